The molecule has 1 fully saturated rings. The van der Waals surface area contributed by atoms with Crippen LogP contribution in [-0.4, -0.2) is 55.7 Å². The van der Waals surface area contributed by atoms with Gasteiger partial charge in [-0.3, -0.25) is 4.90 Å². The summed E-state index contributed by atoms with van der Waals surface area (Å²) in [6, 6.07) is 10.8. The van der Waals surface area contributed by atoms with Crippen LogP contribution >= 0.6 is 0 Å². The molecule has 2 rings (SSSR count). The van der Waals surface area contributed by atoms with E-state index in [0.717, 1.165) is 45.6 Å². The molecule has 1 aliphatic rings. The van der Waals surface area contributed by atoms with Crippen LogP contribution < -0.4 is 0 Å². The normalized spacial score (nSPS) is 24.3. The molecule has 0 radical (unpaired) electrons. The molecular formula is C20H34N2O. The summed E-state index contributed by atoms with van der Waals surface area (Å²) in [4.78, 5) is 4.94. The Kier molecular flexibility index (Phi) is 6.24. The van der Waals surface area contributed by atoms with Gasteiger partial charge in [0, 0.05) is 31.7 Å². The minimum absolute atomic E-state index is 0.0135. The first-order valence-corrected chi connectivity index (χ1v) is 8.89. The molecule has 1 saturated heterocycles. The van der Waals surface area contributed by atoms with Crippen molar-refractivity contribution in [2.75, 3.05) is 40.3 Å². The van der Waals surface area contributed by atoms with Gasteiger partial charge in [0.2, 0.25) is 0 Å². The van der Waals surface area contributed by atoms with E-state index in [1.807, 2.05) is 0 Å². The van der Waals surface area contributed by atoms with Crippen molar-refractivity contribution in [3.8, 4) is 0 Å². The summed E-state index contributed by atoms with van der Waals surface area (Å²) in [5.74, 6) is 0. The van der Waals surface area contributed by atoms with E-state index in [1.165, 1.54) is 5.56 Å². The Bertz CT molecular complexity index is 472. The van der Waals surface area contributed by atoms with Gasteiger partial charge in [0.25, 0.3) is 0 Å². The minimum Gasteiger partial charge on any atom is -0.376 e. The fraction of sp³-hybridized carbons (Fsp3) is 0.700. The lowest BCUT2D eigenvalue weighted by Gasteiger charge is -2.48. The van der Waals surface area contributed by atoms with Gasteiger partial charge in [-0.05, 0) is 52.9 Å². The summed E-state index contributed by atoms with van der Waals surface area (Å²) in [5.41, 5.74) is 1.71. The summed E-state index contributed by atoms with van der Waals surface area (Å²) in [5, 5.41) is 0. The van der Waals surface area contributed by atoms with Crippen molar-refractivity contribution < 1.29 is 4.74 Å². The maximum absolute atomic E-state index is 6.00. The first kappa shape index (κ1) is 18.4. The highest BCUT2D eigenvalue weighted by Crippen LogP contribution is 2.40. The summed E-state index contributed by atoms with van der Waals surface area (Å²) < 4.78 is 6.00. The highest BCUT2D eigenvalue weighted by molar-refractivity contribution is 5.14. The maximum Gasteiger partial charge on any atom is 0.0632 e. The van der Waals surface area contributed by atoms with E-state index in [2.05, 4.69) is 75.0 Å². The minimum atomic E-state index is -0.0135. The lowest BCUT2D eigenvalue weighted by Crippen LogP contribution is -2.51. The molecule has 0 unspecified atom stereocenters. The Labute approximate surface area is 142 Å². The molecule has 1 atom stereocenters. The molecule has 1 heterocycles. The van der Waals surface area contributed by atoms with Crippen LogP contribution in [0.4, 0.5) is 0 Å². The Balaban J connectivity index is 2.11. The van der Waals surface area contributed by atoms with Crippen molar-refractivity contribution in [3.63, 3.8) is 0 Å². The number of ether oxygens (including phenoxy) is 1. The zero-order valence-electron chi connectivity index (χ0n) is 15.6. The lowest BCUT2D eigenvalue weighted by atomic mass is 9.73. The van der Waals surface area contributed by atoms with Crippen molar-refractivity contribution in [1.82, 2.24) is 9.80 Å². The first-order valence-electron chi connectivity index (χ1n) is 8.89. The predicted molar refractivity (Wildman–Crippen MR) is 97.6 cm³/mol. The van der Waals surface area contributed by atoms with Crippen molar-refractivity contribution in [3.05, 3.63) is 35.9 Å². The Morgan fingerprint density at radius 2 is 1.78 bits per heavy atom. The second-order valence-corrected chi connectivity index (χ2v) is 8.06. The van der Waals surface area contributed by atoms with Gasteiger partial charge in [-0.1, -0.05) is 37.3 Å². The number of nitrogens with zero attached hydrogens (tertiary/aromatic N) is 2. The monoisotopic (exact) mass is 318 g/mol. The average Bonchev–Trinajstić information content (AvgIpc) is 2.45. The van der Waals surface area contributed by atoms with Gasteiger partial charge in [-0.2, -0.15) is 0 Å². The van der Waals surface area contributed by atoms with Crippen molar-refractivity contribution in [2.45, 2.75) is 45.8 Å². The molecular weight excluding hydrogens is 284 g/mol. The Morgan fingerprint density at radius 3 is 2.35 bits per heavy atom. The molecule has 0 aromatic heterocycles. The molecule has 0 N–H and O–H groups in total. The highest BCUT2D eigenvalue weighted by Gasteiger charge is 2.42. The van der Waals surface area contributed by atoms with Crippen molar-refractivity contribution in [2.24, 2.45) is 5.41 Å². The second kappa shape index (κ2) is 7.78. The van der Waals surface area contributed by atoms with Crippen LogP contribution in [0.5, 0.6) is 0 Å². The summed E-state index contributed by atoms with van der Waals surface area (Å²) >= 11 is 0. The summed E-state index contributed by atoms with van der Waals surface area (Å²) in [7, 11) is 4.38. The summed E-state index contributed by atoms with van der Waals surface area (Å²) in [6.45, 7) is 12.0. The van der Waals surface area contributed by atoms with Crippen LogP contribution in [0.15, 0.2) is 30.3 Å². The molecule has 1 aromatic carbocycles. The fourth-order valence-electron chi connectivity index (χ4n) is 4.17. The molecule has 1 aromatic rings. The molecule has 130 valence electrons. The van der Waals surface area contributed by atoms with E-state index in [9.17, 15) is 0 Å². The molecule has 3 nitrogen and oxygen atoms in total. The lowest BCUT2D eigenvalue weighted by molar-refractivity contribution is -0.117. The van der Waals surface area contributed by atoms with E-state index in [-0.39, 0.29) is 5.60 Å². The third-order valence-electron chi connectivity index (χ3n) is 4.83. The molecule has 3 heteroatoms. The first-order chi connectivity index (χ1) is 10.8. The van der Waals surface area contributed by atoms with Gasteiger partial charge in [-0.15, -0.1) is 0 Å². The number of hydrogen-bond donors (Lipinski definition) is 0. The quantitative estimate of drug-likeness (QED) is 0.763. The zero-order valence-corrected chi connectivity index (χ0v) is 15.6. The van der Waals surface area contributed by atoms with E-state index in [0.29, 0.717) is 5.41 Å². The van der Waals surface area contributed by atoms with E-state index in [4.69, 9.17) is 4.74 Å². The molecule has 0 saturated carbocycles. The number of rotatable bonds is 7. The average molecular weight is 319 g/mol. The van der Waals surface area contributed by atoms with Crippen LogP contribution in [0.3, 0.4) is 0 Å². The van der Waals surface area contributed by atoms with Crippen LogP contribution in [0.2, 0.25) is 0 Å². The third-order valence-corrected chi connectivity index (χ3v) is 4.83. The molecule has 1 aliphatic heterocycles. The van der Waals surface area contributed by atoms with Gasteiger partial charge in [0.1, 0.15) is 0 Å². The topological polar surface area (TPSA) is 15.7 Å². The van der Waals surface area contributed by atoms with Gasteiger partial charge in [0.05, 0.1) is 5.60 Å². The van der Waals surface area contributed by atoms with Crippen molar-refractivity contribution >= 4 is 0 Å². The van der Waals surface area contributed by atoms with E-state index >= 15 is 0 Å². The fourth-order valence-corrected chi connectivity index (χ4v) is 4.17. The van der Waals surface area contributed by atoms with Gasteiger partial charge >= 0.3 is 0 Å². The molecule has 0 aliphatic carbocycles. The maximum atomic E-state index is 6.00. The molecule has 0 amide bonds. The SMILES string of the molecule is CCN(Cc1ccccc1)C[C@@]1(CN(C)C)CCOC(C)(C)C1. The van der Waals surface area contributed by atoms with Crippen LogP contribution in [0.25, 0.3) is 0 Å². The van der Waals surface area contributed by atoms with Crippen molar-refractivity contribution in [1.29, 1.82) is 0 Å². The van der Waals surface area contributed by atoms with Gasteiger partial charge in [0.15, 0.2) is 0 Å². The van der Waals surface area contributed by atoms with Gasteiger partial charge < -0.3 is 9.64 Å². The largest absolute Gasteiger partial charge is 0.376 e. The molecule has 0 bridgehead atoms. The third kappa shape index (κ3) is 5.59. The van der Waals surface area contributed by atoms with Crippen LogP contribution in [0.1, 0.15) is 39.2 Å². The summed E-state index contributed by atoms with van der Waals surface area (Å²) in [6.07, 6.45) is 2.28. The Morgan fingerprint density at radius 1 is 1.09 bits per heavy atom. The number of hydrogen-bond acceptors (Lipinski definition) is 3. The van der Waals surface area contributed by atoms with Crippen LogP contribution in [-0.2, 0) is 11.3 Å². The van der Waals surface area contributed by atoms with E-state index in [1.54, 1.807) is 0 Å². The highest BCUT2D eigenvalue weighted by atomic mass is 16.5. The molecule has 0 spiro atoms. The smallest absolute Gasteiger partial charge is 0.0632 e. The Hall–Kier alpha value is -0.900. The second-order valence-electron chi connectivity index (χ2n) is 8.06. The van der Waals surface area contributed by atoms with E-state index < -0.39 is 0 Å². The number of benzene rings is 1. The standard InChI is InChI=1S/C20H34N2O/c1-6-22(14-18-10-8-7-9-11-18)17-20(16-21(4)5)12-13-23-19(2,3)15-20/h7-11H,6,12-17H2,1-5H3/t20-/m0/s1. The zero-order chi connectivity index (χ0) is 16.9. The predicted octanol–water partition coefficient (Wildman–Crippen LogP) is 3.65. The molecule has 23 heavy (non-hydrogen) atoms. The van der Waals surface area contributed by atoms with Gasteiger partial charge in [-0.25, -0.2) is 0 Å². The van der Waals surface area contributed by atoms with Crippen LogP contribution in [0, 0.1) is 5.41 Å².